The Balaban J connectivity index is 3.64. The average Bonchev–Trinajstić information content (AvgIpc) is 2.21. The van der Waals surface area contributed by atoms with Crippen LogP contribution in [0.5, 0.6) is 0 Å². The van der Waals surface area contributed by atoms with Crippen LogP contribution in [0, 0.1) is 0 Å². The fourth-order valence-corrected chi connectivity index (χ4v) is 1.25. The van der Waals surface area contributed by atoms with Gasteiger partial charge in [-0.25, -0.2) is 0 Å². The summed E-state index contributed by atoms with van der Waals surface area (Å²) in [4.78, 5) is 32.0. The molecule has 6 heteroatoms. The van der Waals surface area contributed by atoms with Crippen molar-refractivity contribution < 1.29 is 24.2 Å². The maximum absolute atomic E-state index is 11.3. The number of ether oxygens (including phenoxy) is 1. The minimum Gasteiger partial charge on any atom is -0.481 e. The summed E-state index contributed by atoms with van der Waals surface area (Å²) in [6.07, 6.45) is 4.18. The molecule has 18 heavy (non-hydrogen) atoms. The van der Waals surface area contributed by atoms with Gasteiger partial charge in [-0.2, -0.15) is 0 Å². The van der Waals surface area contributed by atoms with Crippen molar-refractivity contribution in [3.8, 4) is 0 Å². The zero-order valence-corrected chi connectivity index (χ0v) is 10.4. The van der Waals surface area contributed by atoms with E-state index in [9.17, 15) is 14.4 Å². The summed E-state index contributed by atoms with van der Waals surface area (Å²) >= 11 is 0. The van der Waals surface area contributed by atoms with E-state index >= 15 is 0 Å². The standard InChI is InChI=1S/C12H19NO5/c1-9(8-10(13)14)18-12(17)7-5-3-2-4-6-11(15)16/h2-3,9H,4-8H2,1H3,(H2,13,14)(H,15,16)/b3-2+/t9-/m1/s1. The zero-order valence-electron chi connectivity index (χ0n) is 10.4. The average molecular weight is 257 g/mol. The van der Waals surface area contributed by atoms with Crippen LogP contribution in [0.15, 0.2) is 12.2 Å². The number of carboxylic acids is 1. The lowest BCUT2D eigenvalue weighted by molar-refractivity contribution is -0.149. The van der Waals surface area contributed by atoms with Gasteiger partial charge in [0.25, 0.3) is 0 Å². The summed E-state index contributed by atoms with van der Waals surface area (Å²) < 4.78 is 4.94. The Kier molecular flexibility index (Phi) is 8.26. The van der Waals surface area contributed by atoms with Crippen LogP contribution in [-0.4, -0.2) is 29.1 Å². The Morgan fingerprint density at radius 3 is 2.28 bits per heavy atom. The summed E-state index contributed by atoms with van der Waals surface area (Å²) in [5, 5.41) is 8.38. The van der Waals surface area contributed by atoms with Gasteiger partial charge in [0, 0.05) is 12.8 Å². The van der Waals surface area contributed by atoms with E-state index in [0.29, 0.717) is 12.8 Å². The van der Waals surface area contributed by atoms with Crippen molar-refractivity contribution in [2.24, 2.45) is 5.73 Å². The number of hydrogen-bond donors (Lipinski definition) is 2. The predicted octanol–water partition coefficient (Wildman–Crippen LogP) is 0.995. The number of amides is 1. The second-order valence-corrected chi connectivity index (χ2v) is 3.91. The highest BCUT2D eigenvalue weighted by atomic mass is 16.5. The first-order chi connectivity index (χ1) is 8.41. The summed E-state index contributed by atoms with van der Waals surface area (Å²) in [7, 11) is 0. The molecule has 0 heterocycles. The monoisotopic (exact) mass is 257 g/mol. The molecule has 0 saturated carbocycles. The van der Waals surface area contributed by atoms with Gasteiger partial charge >= 0.3 is 11.9 Å². The van der Waals surface area contributed by atoms with Crippen molar-refractivity contribution in [3.63, 3.8) is 0 Å². The maximum atomic E-state index is 11.3. The quantitative estimate of drug-likeness (QED) is 0.473. The van der Waals surface area contributed by atoms with E-state index in [1.54, 1.807) is 19.1 Å². The normalized spacial score (nSPS) is 12.3. The highest BCUT2D eigenvalue weighted by Gasteiger charge is 2.10. The Bertz CT molecular complexity index is 324. The van der Waals surface area contributed by atoms with E-state index in [1.165, 1.54) is 0 Å². The third-order valence-electron chi connectivity index (χ3n) is 2.03. The van der Waals surface area contributed by atoms with Crippen LogP contribution < -0.4 is 5.73 Å². The molecule has 0 aromatic carbocycles. The number of allylic oxidation sites excluding steroid dienone is 2. The second kappa shape index (κ2) is 9.21. The van der Waals surface area contributed by atoms with Gasteiger partial charge in [0.05, 0.1) is 6.42 Å². The molecule has 0 aliphatic carbocycles. The third kappa shape index (κ3) is 10.7. The van der Waals surface area contributed by atoms with Crippen LogP contribution in [0.4, 0.5) is 0 Å². The number of hydrogen-bond acceptors (Lipinski definition) is 4. The molecule has 3 N–H and O–H groups in total. The van der Waals surface area contributed by atoms with Crippen molar-refractivity contribution in [2.75, 3.05) is 0 Å². The molecule has 0 fully saturated rings. The van der Waals surface area contributed by atoms with E-state index in [2.05, 4.69) is 0 Å². The Hall–Kier alpha value is -1.85. The molecule has 1 amide bonds. The van der Waals surface area contributed by atoms with E-state index in [4.69, 9.17) is 15.6 Å². The maximum Gasteiger partial charge on any atom is 0.306 e. The highest BCUT2D eigenvalue weighted by molar-refractivity contribution is 5.75. The minimum absolute atomic E-state index is 0.0141. The van der Waals surface area contributed by atoms with Gasteiger partial charge in [-0.05, 0) is 19.8 Å². The molecule has 0 rings (SSSR count). The van der Waals surface area contributed by atoms with Crippen molar-refractivity contribution in [2.45, 2.75) is 45.1 Å². The molecule has 0 spiro atoms. The minimum atomic E-state index is -0.848. The lowest BCUT2D eigenvalue weighted by atomic mass is 10.2. The van der Waals surface area contributed by atoms with Crippen LogP contribution >= 0.6 is 0 Å². The van der Waals surface area contributed by atoms with Gasteiger partial charge in [0.2, 0.25) is 5.91 Å². The lowest BCUT2D eigenvalue weighted by Gasteiger charge is -2.10. The summed E-state index contributed by atoms with van der Waals surface area (Å²) in [5.74, 6) is -1.75. The molecule has 102 valence electrons. The van der Waals surface area contributed by atoms with Crippen LogP contribution in [0.3, 0.4) is 0 Å². The molecule has 6 nitrogen and oxygen atoms in total. The first-order valence-corrected chi connectivity index (χ1v) is 5.76. The largest absolute Gasteiger partial charge is 0.481 e. The van der Waals surface area contributed by atoms with Gasteiger partial charge in [0.15, 0.2) is 0 Å². The number of aliphatic carboxylic acids is 1. The predicted molar refractivity (Wildman–Crippen MR) is 64.6 cm³/mol. The molecule has 0 radical (unpaired) electrons. The van der Waals surface area contributed by atoms with E-state index in [1.807, 2.05) is 0 Å². The lowest BCUT2D eigenvalue weighted by Crippen LogP contribution is -2.22. The molecule has 0 aliphatic heterocycles. The Morgan fingerprint density at radius 1 is 1.22 bits per heavy atom. The first kappa shape index (κ1) is 16.1. The van der Waals surface area contributed by atoms with Crippen molar-refractivity contribution in [1.29, 1.82) is 0 Å². The van der Waals surface area contributed by atoms with Gasteiger partial charge in [-0.3, -0.25) is 14.4 Å². The van der Waals surface area contributed by atoms with Crippen LogP contribution in [-0.2, 0) is 19.1 Å². The van der Waals surface area contributed by atoms with Gasteiger partial charge in [0.1, 0.15) is 6.10 Å². The number of primary amides is 1. The zero-order chi connectivity index (χ0) is 14.0. The smallest absolute Gasteiger partial charge is 0.306 e. The number of carbonyl (C=O) groups excluding carboxylic acids is 2. The number of carboxylic acid groups (broad SMARTS) is 1. The molecule has 0 saturated heterocycles. The summed E-state index contributed by atoms with van der Waals surface area (Å²) in [6.45, 7) is 1.60. The van der Waals surface area contributed by atoms with E-state index in [-0.39, 0.29) is 19.3 Å². The molecular weight excluding hydrogens is 238 g/mol. The van der Waals surface area contributed by atoms with Gasteiger partial charge < -0.3 is 15.6 Å². The molecule has 0 unspecified atom stereocenters. The van der Waals surface area contributed by atoms with Crippen molar-refractivity contribution in [1.82, 2.24) is 0 Å². The van der Waals surface area contributed by atoms with Crippen molar-refractivity contribution in [3.05, 3.63) is 12.2 Å². The van der Waals surface area contributed by atoms with Crippen molar-refractivity contribution >= 4 is 17.8 Å². The van der Waals surface area contributed by atoms with Crippen LogP contribution in [0.2, 0.25) is 0 Å². The van der Waals surface area contributed by atoms with Crippen LogP contribution in [0.25, 0.3) is 0 Å². The number of carbonyl (C=O) groups is 3. The Labute approximate surface area is 106 Å². The van der Waals surface area contributed by atoms with Crippen LogP contribution in [0.1, 0.15) is 39.0 Å². The molecular formula is C12H19NO5. The highest BCUT2D eigenvalue weighted by Crippen LogP contribution is 2.02. The first-order valence-electron chi connectivity index (χ1n) is 5.76. The summed E-state index contributed by atoms with van der Waals surface area (Å²) in [6, 6.07) is 0. The number of rotatable bonds is 9. The Morgan fingerprint density at radius 2 is 1.78 bits per heavy atom. The molecule has 0 aromatic rings. The SMILES string of the molecule is C[C@H](CC(N)=O)OC(=O)CC/C=C/CCC(=O)O. The second-order valence-electron chi connectivity index (χ2n) is 3.91. The molecule has 0 aliphatic rings. The fourth-order valence-electron chi connectivity index (χ4n) is 1.25. The fraction of sp³-hybridized carbons (Fsp3) is 0.583. The topological polar surface area (TPSA) is 107 Å². The number of nitrogens with two attached hydrogens (primary N) is 1. The van der Waals surface area contributed by atoms with Gasteiger partial charge in [-0.15, -0.1) is 0 Å². The van der Waals surface area contributed by atoms with E-state index < -0.39 is 23.9 Å². The summed E-state index contributed by atoms with van der Waals surface area (Å²) in [5.41, 5.74) is 4.96. The molecule has 0 bridgehead atoms. The third-order valence-corrected chi connectivity index (χ3v) is 2.03. The van der Waals surface area contributed by atoms with E-state index in [0.717, 1.165) is 0 Å². The van der Waals surface area contributed by atoms with Gasteiger partial charge in [-0.1, -0.05) is 12.2 Å². The molecule has 1 atom stereocenters. The number of esters is 1. The molecule has 0 aromatic heterocycles.